The van der Waals surface area contributed by atoms with Crippen LogP contribution in [0.5, 0.6) is 0 Å². The minimum atomic E-state index is -0.232. The average Bonchev–Trinajstić information content (AvgIpc) is 3.08. The fourth-order valence-corrected chi connectivity index (χ4v) is 4.99. The molecule has 0 spiro atoms. The lowest BCUT2D eigenvalue weighted by Crippen LogP contribution is -2.91. The molecule has 4 heteroatoms. The van der Waals surface area contributed by atoms with Gasteiger partial charge >= 0.3 is 0 Å². The van der Waals surface area contributed by atoms with E-state index in [1.54, 1.807) is 22.7 Å². The Morgan fingerprint density at radius 1 is 0.947 bits per heavy atom. The van der Waals surface area contributed by atoms with Crippen LogP contribution in [0, 0.1) is 11.8 Å². The van der Waals surface area contributed by atoms with E-state index < -0.39 is 0 Å². The molecule has 2 nitrogen and oxygen atoms in total. The SMILES string of the molecule is C[C@@H]1C(O)[C@H](C)[C@H](c2cccs2)[NH2+][C@@H]1c1cccs1. The van der Waals surface area contributed by atoms with Gasteiger partial charge in [-0.3, -0.25) is 0 Å². The maximum Gasteiger partial charge on any atom is 0.126 e. The zero-order chi connectivity index (χ0) is 13.4. The molecule has 1 aliphatic rings. The minimum Gasteiger partial charge on any atom is -0.392 e. The van der Waals surface area contributed by atoms with Crippen LogP contribution in [-0.4, -0.2) is 11.2 Å². The summed E-state index contributed by atoms with van der Waals surface area (Å²) in [7, 11) is 0. The fourth-order valence-electron chi connectivity index (χ4n) is 3.15. The van der Waals surface area contributed by atoms with Crippen molar-refractivity contribution < 1.29 is 10.4 Å². The Balaban J connectivity index is 1.91. The third-order valence-corrected chi connectivity index (χ3v) is 6.32. The molecule has 3 N–H and O–H groups in total. The van der Waals surface area contributed by atoms with Gasteiger partial charge in [0.05, 0.1) is 15.9 Å². The topological polar surface area (TPSA) is 36.8 Å². The average molecular weight is 294 g/mol. The lowest BCUT2D eigenvalue weighted by Gasteiger charge is -2.40. The molecule has 102 valence electrons. The van der Waals surface area contributed by atoms with Gasteiger partial charge in [0.25, 0.3) is 0 Å². The van der Waals surface area contributed by atoms with Gasteiger partial charge in [-0.15, -0.1) is 22.7 Å². The van der Waals surface area contributed by atoms with Gasteiger partial charge in [0.2, 0.25) is 0 Å². The van der Waals surface area contributed by atoms with Gasteiger partial charge in [0.1, 0.15) is 12.1 Å². The quantitative estimate of drug-likeness (QED) is 0.878. The van der Waals surface area contributed by atoms with Crippen LogP contribution in [0.4, 0.5) is 0 Å². The smallest absolute Gasteiger partial charge is 0.126 e. The molecule has 0 aromatic carbocycles. The number of piperidine rings is 1. The van der Waals surface area contributed by atoms with E-state index in [1.807, 2.05) is 0 Å². The van der Waals surface area contributed by atoms with Crippen LogP contribution in [0.25, 0.3) is 0 Å². The molecule has 1 fully saturated rings. The van der Waals surface area contributed by atoms with E-state index in [0.29, 0.717) is 23.9 Å². The van der Waals surface area contributed by atoms with Gasteiger partial charge in [-0.25, -0.2) is 0 Å². The number of nitrogens with two attached hydrogens (primary N) is 1. The third-order valence-electron chi connectivity index (χ3n) is 4.37. The van der Waals surface area contributed by atoms with Crippen LogP contribution >= 0.6 is 22.7 Å². The highest BCUT2D eigenvalue weighted by molar-refractivity contribution is 7.10. The van der Waals surface area contributed by atoms with Crippen LogP contribution in [0.3, 0.4) is 0 Å². The predicted molar refractivity (Wildman–Crippen MR) is 80.4 cm³/mol. The van der Waals surface area contributed by atoms with E-state index in [4.69, 9.17) is 0 Å². The summed E-state index contributed by atoms with van der Waals surface area (Å²) in [5.41, 5.74) is 0. The Kier molecular flexibility index (Phi) is 3.76. The molecule has 1 aliphatic heterocycles. The Hall–Kier alpha value is -0.680. The molecule has 2 aromatic rings. The molecule has 2 aromatic heterocycles. The zero-order valence-electron chi connectivity index (χ0n) is 11.2. The lowest BCUT2D eigenvalue weighted by atomic mass is 9.78. The summed E-state index contributed by atoms with van der Waals surface area (Å²) >= 11 is 3.59. The molecular weight excluding hydrogens is 274 g/mol. The number of quaternary nitrogens is 1. The normalized spacial score (nSPS) is 35.4. The van der Waals surface area contributed by atoms with Gasteiger partial charge in [-0.05, 0) is 22.9 Å². The summed E-state index contributed by atoms with van der Waals surface area (Å²) in [5.74, 6) is 0.592. The molecule has 0 bridgehead atoms. The van der Waals surface area contributed by atoms with Crippen LogP contribution in [-0.2, 0) is 0 Å². The Morgan fingerprint density at radius 3 is 1.79 bits per heavy atom. The maximum absolute atomic E-state index is 10.6. The van der Waals surface area contributed by atoms with E-state index >= 15 is 0 Å². The standard InChI is InChI=1S/C15H19NOS2/c1-9-13(11-5-3-7-18-11)16-14(10(2)15(9)17)12-6-4-8-19-12/h3-10,13-17H,1-2H3/p+1/t9-,10+,13-,14+,15?. The van der Waals surface area contributed by atoms with Crippen molar-refractivity contribution in [2.24, 2.45) is 11.8 Å². The molecule has 1 saturated heterocycles. The monoisotopic (exact) mass is 294 g/mol. The summed E-state index contributed by atoms with van der Waals surface area (Å²) in [6.07, 6.45) is -0.232. The van der Waals surface area contributed by atoms with Crippen molar-refractivity contribution in [1.82, 2.24) is 0 Å². The first kappa shape index (κ1) is 13.3. The van der Waals surface area contributed by atoms with Crippen molar-refractivity contribution >= 4 is 22.7 Å². The molecule has 3 heterocycles. The first-order chi connectivity index (χ1) is 9.18. The molecule has 1 unspecified atom stereocenters. The highest BCUT2D eigenvalue weighted by Crippen LogP contribution is 2.37. The zero-order valence-corrected chi connectivity index (χ0v) is 12.8. The van der Waals surface area contributed by atoms with Crippen molar-refractivity contribution in [2.45, 2.75) is 32.0 Å². The fraction of sp³-hybridized carbons (Fsp3) is 0.467. The highest BCUT2D eigenvalue weighted by atomic mass is 32.1. The largest absolute Gasteiger partial charge is 0.392 e. The predicted octanol–water partition coefficient (Wildman–Crippen LogP) is 2.80. The van der Waals surface area contributed by atoms with E-state index in [1.165, 1.54) is 9.75 Å². The highest BCUT2D eigenvalue weighted by Gasteiger charge is 2.44. The molecule has 0 saturated carbocycles. The van der Waals surface area contributed by atoms with Crippen LogP contribution < -0.4 is 5.32 Å². The number of rotatable bonds is 2. The second-order valence-corrected chi connectivity index (χ2v) is 7.44. The van der Waals surface area contributed by atoms with Gasteiger partial charge in [-0.2, -0.15) is 0 Å². The first-order valence-corrected chi connectivity index (χ1v) is 8.54. The number of hydrogen-bond acceptors (Lipinski definition) is 3. The van der Waals surface area contributed by atoms with Crippen LogP contribution in [0.15, 0.2) is 35.0 Å². The van der Waals surface area contributed by atoms with Crippen molar-refractivity contribution in [1.29, 1.82) is 0 Å². The second-order valence-electron chi connectivity index (χ2n) is 5.48. The van der Waals surface area contributed by atoms with Gasteiger partial charge < -0.3 is 10.4 Å². The molecule has 5 atom stereocenters. The van der Waals surface area contributed by atoms with Crippen molar-refractivity contribution in [2.75, 3.05) is 0 Å². The molecule has 19 heavy (non-hydrogen) atoms. The molecular formula is C15H20NOS2+. The van der Waals surface area contributed by atoms with Gasteiger partial charge in [-0.1, -0.05) is 26.0 Å². The summed E-state index contributed by atoms with van der Waals surface area (Å²) < 4.78 is 0. The van der Waals surface area contributed by atoms with E-state index in [2.05, 4.69) is 54.2 Å². The Bertz CT molecular complexity index is 462. The second kappa shape index (κ2) is 5.37. The van der Waals surface area contributed by atoms with Crippen molar-refractivity contribution in [3.8, 4) is 0 Å². The van der Waals surface area contributed by atoms with E-state index in [-0.39, 0.29) is 6.10 Å². The summed E-state index contributed by atoms with van der Waals surface area (Å²) in [6, 6.07) is 9.33. The minimum absolute atomic E-state index is 0.232. The molecule has 0 radical (unpaired) electrons. The Labute approximate surface area is 122 Å². The number of aliphatic hydroxyl groups excluding tert-OH is 1. The Morgan fingerprint density at radius 2 is 1.42 bits per heavy atom. The van der Waals surface area contributed by atoms with Gasteiger partial charge in [0, 0.05) is 11.8 Å². The molecule has 0 amide bonds. The summed E-state index contributed by atoms with van der Waals surface area (Å²) in [6.45, 7) is 4.35. The van der Waals surface area contributed by atoms with Crippen LogP contribution in [0.2, 0.25) is 0 Å². The lowest BCUT2D eigenvalue weighted by molar-refractivity contribution is -0.758. The van der Waals surface area contributed by atoms with Gasteiger partial charge in [0.15, 0.2) is 0 Å². The molecule has 3 rings (SSSR count). The van der Waals surface area contributed by atoms with Crippen molar-refractivity contribution in [3.63, 3.8) is 0 Å². The number of hydrogen-bond donors (Lipinski definition) is 2. The first-order valence-electron chi connectivity index (χ1n) is 6.78. The summed E-state index contributed by atoms with van der Waals surface area (Å²) in [4.78, 5) is 2.75. The van der Waals surface area contributed by atoms with E-state index in [0.717, 1.165) is 0 Å². The molecule has 0 aliphatic carbocycles. The number of thiophene rings is 2. The maximum atomic E-state index is 10.6. The summed E-state index contributed by atoms with van der Waals surface area (Å²) in [5, 5.41) is 17.3. The van der Waals surface area contributed by atoms with E-state index in [9.17, 15) is 5.11 Å². The van der Waals surface area contributed by atoms with Crippen molar-refractivity contribution in [3.05, 3.63) is 44.8 Å². The number of aliphatic hydroxyl groups is 1. The van der Waals surface area contributed by atoms with Crippen LogP contribution in [0.1, 0.15) is 35.7 Å². The third kappa shape index (κ3) is 2.38.